The molecule has 1 heterocycles. The van der Waals surface area contributed by atoms with Gasteiger partial charge < -0.3 is 4.74 Å². The van der Waals surface area contributed by atoms with E-state index in [0.717, 1.165) is 19.8 Å². The van der Waals surface area contributed by atoms with E-state index in [1.807, 2.05) is 44.2 Å². The summed E-state index contributed by atoms with van der Waals surface area (Å²) in [6.45, 7) is 3.70. The van der Waals surface area contributed by atoms with Gasteiger partial charge in [-0.3, -0.25) is 5.32 Å². The van der Waals surface area contributed by atoms with Crippen LogP contribution in [-0.4, -0.2) is 10.5 Å². The fourth-order valence-electron chi connectivity index (χ4n) is 1.57. The number of ether oxygens (including phenoxy) is 1. The van der Waals surface area contributed by atoms with Crippen LogP contribution in [0.1, 0.15) is 24.3 Å². The van der Waals surface area contributed by atoms with Crippen LogP contribution in [-0.2, 0) is 4.74 Å². The average Bonchev–Trinajstić information content (AvgIpc) is 2.71. The first-order chi connectivity index (χ1) is 9.08. The molecule has 0 fully saturated rings. The number of benzene rings is 1. The Kier molecular flexibility index (Phi) is 4.76. The summed E-state index contributed by atoms with van der Waals surface area (Å²) in [6.07, 6.45) is -0.747. The number of halogens is 1. The van der Waals surface area contributed by atoms with E-state index in [0.29, 0.717) is 0 Å². The number of amides is 1. The molecule has 0 aliphatic heterocycles. The smallest absolute Gasteiger partial charge is 0.412 e. The van der Waals surface area contributed by atoms with E-state index in [9.17, 15) is 4.79 Å². The van der Waals surface area contributed by atoms with Gasteiger partial charge in [-0.15, -0.1) is 0 Å². The second-order valence-electron chi connectivity index (χ2n) is 4.00. The Hall–Kier alpha value is -1.15. The Morgan fingerprint density at radius 2 is 2.11 bits per heavy atom. The molecular weight excluding hydrogens is 375 g/mol. The topological polar surface area (TPSA) is 51.2 Å². The van der Waals surface area contributed by atoms with Crippen LogP contribution in [0, 0.1) is 9.81 Å². The minimum absolute atomic E-state index is 0.286. The molecule has 1 atom stereocenters. The Balaban J connectivity index is 1.99. The summed E-state index contributed by atoms with van der Waals surface area (Å²) in [5, 5.41) is 2.74. The Morgan fingerprint density at radius 3 is 2.68 bits per heavy atom. The van der Waals surface area contributed by atoms with Gasteiger partial charge in [0.1, 0.15) is 8.99 Å². The maximum atomic E-state index is 11.8. The van der Waals surface area contributed by atoms with Gasteiger partial charge in [-0.2, -0.15) is 4.37 Å². The van der Waals surface area contributed by atoms with Crippen LogP contribution in [0.15, 0.2) is 30.3 Å². The number of aryl methyl sites for hydroxylation is 1. The lowest BCUT2D eigenvalue weighted by atomic mass is 10.1. The lowest BCUT2D eigenvalue weighted by Gasteiger charge is -2.14. The molecule has 0 saturated heterocycles. The minimum Gasteiger partial charge on any atom is -0.441 e. The third kappa shape index (κ3) is 3.66. The second-order valence-corrected chi connectivity index (χ2v) is 6.58. The van der Waals surface area contributed by atoms with E-state index in [-0.39, 0.29) is 6.10 Å². The normalized spacial score (nSPS) is 11.9. The molecule has 1 amide bonds. The SMILES string of the molecule is Cc1nsc(I)c1NC(=O)O[C@H](C)c1ccccc1. The maximum Gasteiger partial charge on any atom is 0.412 e. The van der Waals surface area contributed by atoms with Crippen molar-refractivity contribution in [3.8, 4) is 0 Å². The lowest BCUT2D eigenvalue weighted by Crippen LogP contribution is -2.16. The fraction of sp³-hybridized carbons (Fsp3) is 0.231. The predicted octanol–water partition coefficient (Wildman–Crippen LogP) is 4.37. The third-order valence-corrected chi connectivity index (χ3v) is 4.46. The van der Waals surface area contributed by atoms with Crippen LogP contribution < -0.4 is 5.32 Å². The number of carbonyl (C=O) groups excluding carboxylic acids is 1. The third-order valence-electron chi connectivity index (χ3n) is 2.60. The van der Waals surface area contributed by atoms with Crippen LogP contribution in [0.4, 0.5) is 10.5 Å². The molecule has 0 saturated carbocycles. The number of carbonyl (C=O) groups is 1. The molecule has 0 aliphatic carbocycles. The zero-order chi connectivity index (χ0) is 13.8. The van der Waals surface area contributed by atoms with Gasteiger partial charge in [0.05, 0.1) is 11.4 Å². The fourth-order valence-corrected chi connectivity index (χ4v) is 2.98. The Labute approximate surface area is 129 Å². The first kappa shape index (κ1) is 14.3. The highest BCUT2D eigenvalue weighted by Gasteiger charge is 2.15. The van der Waals surface area contributed by atoms with Crippen LogP contribution in [0.25, 0.3) is 0 Å². The van der Waals surface area contributed by atoms with E-state index in [1.165, 1.54) is 11.5 Å². The van der Waals surface area contributed by atoms with Crippen molar-refractivity contribution in [1.29, 1.82) is 0 Å². The monoisotopic (exact) mass is 388 g/mol. The number of hydrogen-bond donors (Lipinski definition) is 1. The van der Waals surface area contributed by atoms with Crippen LogP contribution in [0.3, 0.4) is 0 Å². The molecule has 0 unspecified atom stereocenters. The van der Waals surface area contributed by atoms with Crippen LogP contribution in [0.5, 0.6) is 0 Å². The van der Waals surface area contributed by atoms with Gasteiger partial charge in [0, 0.05) is 0 Å². The van der Waals surface area contributed by atoms with Crippen LogP contribution in [0.2, 0.25) is 0 Å². The molecule has 0 bridgehead atoms. The summed E-state index contributed by atoms with van der Waals surface area (Å²) in [5.74, 6) is 0. The summed E-state index contributed by atoms with van der Waals surface area (Å²) < 4.78 is 10.5. The van der Waals surface area contributed by atoms with Crippen molar-refractivity contribution in [3.05, 3.63) is 44.5 Å². The summed E-state index contributed by atoms with van der Waals surface area (Å²) in [4.78, 5) is 11.8. The van der Waals surface area contributed by atoms with Crippen molar-refractivity contribution in [2.75, 3.05) is 5.32 Å². The molecule has 1 aromatic heterocycles. The molecule has 6 heteroatoms. The van der Waals surface area contributed by atoms with Gasteiger partial charge in [0.15, 0.2) is 0 Å². The van der Waals surface area contributed by atoms with Gasteiger partial charge in [-0.1, -0.05) is 30.3 Å². The van der Waals surface area contributed by atoms with Gasteiger partial charge in [0.2, 0.25) is 0 Å². The molecule has 0 radical (unpaired) electrons. The van der Waals surface area contributed by atoms with E-state index >= 15 is 0 Å². The molecule has 100 valence electrons. The highest BCUT2D eigenvalue weighted by Crippen LogP contribution is 2.26. The molecule has 2 aromatic rings. The van der Waals surface area contributed by atoms with E-state index in [2.05, 4.69) is 32.3 Å². The molecule has 4 nitrogen and oxygen atoms in total. The first-order valence-electron chi connectivity index (χ1n) is 5.72. The maximum absolute atomic E-state index is 11.8. The van der Waals surface area contributed by atoms with Gasteiger partial charge in [-0.25, -0.2) is 4.79 Å². The van der Waals surface area contributed by atoms with Crippen molar-refractivity contribution in [2.45, 2.75) is 20.0 Å². The number of anilines is 1. The summed E-state index contributed by atoms with van der Waals surface area (Å²) in [5.41, 5.74) is 2.50. The molecule has 1 N–H and O–H groups in total. The molecule has 19 heavy (non-hydrogen) atoms. The number of nitrogens with one attached hydrogen (secondary N) is 1. The zero-order valence-electron chi connectivity index (χ0n) is 10.5. The van der Waals surface area contributed by atoms with E-state index in [1.54, 1.807) is 0 Å². The lowest BCUT2D eigenvalue weighted by molar-refractivity contribution is 0.121. The molecule has 1 aromatic carbocycles. The number of aromatic nitrogens is 1. The Bertz CT molecular complexity index is 552. The van der Waals surface area contributed by atoms with E-state index in [4.69, 9.17) is 4.74 Å². The van der Waals surface area contributed by atoms with Crippen molar-refractivity contribution in [2.24, 2.45) is 0 Å². The highest BCUT2D eigenvalue weighted by atomic mass is 127. The Morgan fingerprint density at radius 1 is 1.42 bits per heavy atom. The number of rotatable bonds is 3. The van der Waals surface area contributed by atoms with Gasteiger partial charge in [-0.05, 0) is 53.5 Å². The van der Waals surface area contributed by atoms with Gasteiger partial charge in [0.25, 0.3) is 0 Å². The summed E-state index contributed by atoms with van der Waals surface area (Å²) in [6, 6.07) is 9.63. The van der Waals surface area contributed by atoms with Gasteiger partial charge >= 0.3 is 6.09 Å². The number of nitrogens with zero attached hydrogens (tertiary/aromatic N) is 1. The zero-order valence-corrected chi connectivity index (χ0v) is 13.5. The predicted molar refractivity (Wildman–Crippen MR) is 84.5 cm³/mol. The second kappa shape index (κ2) is 6.33. The van der Waals surface area contributed by atoms with Crippen molar-refractivity contribution < 1.29 is 9.53 Å². The number of hydrogen-bond acceptors (Lipinski definition) is 4. The highest BCUT2D eigenvalue weighted by molar-refractivity contribution is 14.1. The van der Waals surface area contributed by atoms with Crippen molar-refractivity contribution >= 4 is 45.9 Å². The van der Waals surface area contributed by atoms with Crippen molar-refractivity contribution in [3.63, 3.8) is 0 Å². The van der Waals surface area contributed by atoms with E-state index < -0.39 is 6.09 Å². The summed E-state index contributed by atoms with van der Waals surface area (Å²) >= 11 is 3.50. The molecule has 0 aliphatic rings. The molecular formula is C13H13IN2O2S. The average molecular weight is 388 g/mol. The summed E-state index contributed by atoms with van der Waals surface area (Å²) in [7, 11) is 0. The van der Waals surface area contributed by atoms with Crippen LogP contribution >= 0.6 is 34.1 Å². The van der Waals surface area contributed by atoms with Crippen molar-refractivity contribution in [1.82, 2.24) is 4.37 Å². The quantitative estimate of drug-likeness (QED) is 0.795. The first-order valence-corrected chi connectivity index (χ1v) is 7.57. The standard InChI is InChI=1S/C13H13IN2O2S/c1-8-11(12(14)19-16-8)15-13(17)18-9(2)10-6-4-3-5-7-10/h3-7,9H,1-2H3,(H,15,17)/t9-/m1/s1. The molecule has 2 rings (SSSR count). The minimum atomic E-state index is -0.461. The largest absolute Gasteiger partial charge is 0.441 e. The molecule has 0 spiro atoms.